The van der Waals surface area contributed by atoms with Crippen LogP contribution in [0, 0.1) is 23.3 Å². The number of hydrogen-bond acceptors (Lipinski definition) is 0. The lowest BCUT2D eigenvalue weighted by molar-refractivity contribution is 0.502. The molecule has 0 atom stereocenters. The van der Waals surface area contributed by atoms with Gasteiger partial charge in [-0.25, -0.2) is 17.6 Å². The van der Waals surface area contributed by atoms with E-state index in [0.717, 1.165) is 30.0 Å². The topological polar surface area (TPSA) is 0 Å². The minimum Gasteiger partial charge on any atom is -0.204 e. The van der Waals surface area contributed by atoms with Crippen molar-refractivity contribution in [2.45, 2.75) is 26.2 Å². The molecule has 0 aromatic heterocycles. The molecular formula is C28H22F4. The van der Waals surface area contributed by atoms with Gasteiger partial charge in [-0.3, -0.25) is 0 Å². The first kappa shape index (κ1) is 21.8. The number of hydrogen-bond donors (Lipinski definition) is 0. The van der Waals surface area contributed by atoms with Crippen molar-refractivity contribution in [2.24, 2.45) is 0 Å². The predicted molar refractivity (Wildman–Crippen MR) is 120 cm³/mol. The van der Waals surface area contributed by atoms with Crippen molar-refractivity contribution in [1.82, 2.24) is 0 Å². The van der Waals surface area contributed by atoms with E-state index >= 15 is 0 Å². The lowest BCUT2D eigenvalue weighted by atomic mass is 9.97. The van der Waals surface area contributed by atoms with Gasteiger partial charge in [-0.05, 0) is 53.1 Å². The predicted octanol–water partition coefficient (Wildman–Crippen LogP) is 7.92. The van der Waals surface area contributed by atoms with Gasteiger partial charge in [-0.2, -0.15) is 0 Å². The normalized spacial score (nSPS) is 11.0. The number of rotatable bonds is 6. The van der Waals surface area contributed by atoms with Gasteiger partial charge in [-0.15, -0.1) is 0 Å². The summed E-state index contributed by atoms with van der Waals surface area (Å²) in [4.78, 5) is 0. The fourth-order valence-corrected chi connectivity index (χ4v) is 3.80. The highest BCUT2D eigenvalue weighted by Gasteiger charge is 2.14. The summed E-state index contributed by atoms with van der Waals surface area (Å²) >= 11 is 0. The first-order chi connectivity index (χ1) is 15.5. The highest BCUT2D eigenvalue weighted by atomic mass is 19.2. The van der Waals surface area contributed by atoms with Crippen molar-refractivity contribution in [3.63, 3.8) is 0 Å². The molecule has 0 nitrogen and oxygen atoms in total. The van der Waals surface area contributed by atoms with Crippen LogP contribution in [0.25, 0.3) is 22.3 Å². The number of benzene rings is 4. The van der Waals surface area contributed by atoms with Gasteiger partial charge in [0.2, 0.25) is 0 Å². The zero-order chi connectivity index (χ0) is 22.7. The molecule has 0 radical (unpaired) electrons. The molecule has 0 saturated carbocycles. The standard InChI is InChI=1S/C28H22F4/c1-2-20-16-17-24(28(32)26(20)30)22-14-10-19(11-15-22)7-6-18-8-12-21(13-9-18)23-4-3-5-25(29)27(23)31/h3-5,8-17H,2,6-7H2,1H3. The van der Waals surface area contributed by atoms with E-state index in [1.165, 1.54) is 6.07 Å². The third-order valence-electron chi connectivity index (χ3n) is 5.73. The van der Waals surface area contributed by atoms with E-state index in [9.17, 15) is 17.6 Å². The minimum atomic E-state index is -0.862. The molecule has 0 aliphatic rings. The van der Waals surface area contributed by atoms with Crippen LogP contribution in [-0.2, 0) is 19.3 Å². The van der Waals surface area contributed by atoms with Gasteiger partial charge >= 0.3 is 0 Å². The van der Waals surface area contributed by atoms with Gasteiger partial charge in [0, 0.05) is 11.1 Å². The monoisotopic (exact) mass is 434 g/mol. The van der Waals surface area contributed by atoms with Gasteiger partial charge in [0.15, 0.2) is 23.3 Å². The summed E-state index contributed by atoms with van der Waals surface area (Å²) in [6, 6.07) is 22.2. The van der Waals surface area contributed by atoms with Gasteiger partial charge in [-0.1, -0.05) is 79.7 Å². The highest BCUT2D eigenvalue weighted by molar-refractivity contribution is 5.66. The summed E-state index contributed by atoms with van der Waals surface area (Å²) in [6.07, 6.45) is 1.97. The van der Waals surface area contributed by atoms with Crippen molar-refractivity contribution in [1.29, 1.82) is 0 Å². The zero-order valence-corrected chi connectivity index (χ0v) is 17.6. The van der Waals surface area contributed by atoms with Crippen LogP contribution in [0.2, 0.25) is 0 Å². The Hall–Kier alpha value is -3.40. The molecule has 4 rings (SSSR count). The second-order valence-corrected chi connectivity index (χ2v) is 7.75. The second-order valence-electron chi connectivity index (χ2n) is 7.75. The van der Waals surface area contributed by atoms with Crippen LogP contribution in [0.3, 0.4) is 0 Å². The molecule has 0 amide bonds. The Balaban J connectivity index is 1.44. The Labute approximate surface area is 185 Å². The van der Waals surface area contributed by atoms with Crippen LogP contribution >= 0.6 is 0 Å². The molecule has 0 aliphatic carbocycles. The van der Waals surface area contributed by atoms with Crippen LogP contribution in [0.15, 0.2) is 78.9 Å². The molecule has 0 fully saturated rings. The van der Waals surface area contributed by atoms with Gasteiger partial charge in [0.1, 0.15) is 0 Å². The van der Waals surface area contributed by atoms with Crippen molar-refractivity contribution < 1.29 is 17.6 Å². The van der Waals surface area contributed by atoms with Gasteiger partial charge in [0.05, 0.1) is 0 Å². The Morgan fingerprint density at radius 3 is 1.59 bits per heavy atom. The van der Waals surface area contributed by atoms with Crippen molar-refractivity contribution >= 4 is 0 Å². The van der Waals surface area contributed by atoms with Crippen LogP contribution in [0.4, 0.5) is 17.6 Å². The minimum absolute atomic E-state index is 0.239. The fraction of sp³-hybridized carbons (Fsp3) is 0.143. The smallest absolute Gasteiger partial charge is 0.166 e. The summed E-state index contributed by atoms with van der Waals surface area (Å²) in [5, 5.41) is 0. The summed E-state index contributed by atoms with van der Waals surface area (Å²) in [7, 11) is 0. The molecule has 4 heteroatoms. The average Bonchev–Trinajstić information content (AvgIpc) is 2.82. The fourth-order valence-electron chi connectivity index (χ4n) is 3.80. The molecule has 0 unspecified atom stereocenters. The Morgan fingerprint density at radius 1 is 0.531 bits per heavy atom. The Bertz CT molecular complexity index is 1230. The van der Waals surface area contributed by atoms with E-state index < -0.39 is 23.3 Å². The highest BCUT2D eigenvalue weighted by Crippen LogP contribution is 2.28. The molecule has 0 N–H and O–H groups in total. The molecular weight excluding hydrogens is 412 g/mol. The number of aryl methyl sites for hydroxylation is 3. The van der Waals surface area contributed by atoms with E-state index in [2.05, 4.69) is 0 Å². The van der Waals surface area contributed by atoms with Crippen molar-refractivity contribution in [3.8, 4) is 22.3 Å². The van der Waals surface area contributed by atoms with Gasteiger partial charge in [0.25, 0.3) is 0 Å². The quantitative estimate of drug-likeness (QED) is 0.270. The molecule has 0 heterocycles. The summed E-state index contributed by atoms with van der Waals surface area (Å²) in [5.41, 5.74) is 4.26. The summed E-state index contributed by atoms with van der Waals surface area (Å²) < 4.78 is 55.9. The largest absolute Gasteiger partial charge is 0.204 e. The van der Waals surface area contributed by atoms with E-state index in [1.807, 2.05) is 24.3 Å². The lowest BCUT2D eigenvalue weighted by Crippen LogP contribution is -1.96. The molecule has 4 aromatic carbocycles. The van der Waals surface area contributed by atoms with E-state index in [0.29, 0.717) is 23.1 Å². The average molecular weight is 434 g/mol. The van der Waals surface area contributed by atoms with Crippen molar-refractivity contribution in [3.05, 3.63) is 119 Å². The van der Waals surface area contributed by atoms with E-state index in [4.69, 9.17) is 0 Å². The SMILES string of the molecule is CCc1ccc(-c2ccc(CCc3ccc(-c4cccc(F)c4F)cc3)cc2)c(F)c1F. The van der Waals surface area contributed by atoms with Crippen LogP contribution < -0.4 is 0 Å². The molecule has 0 saturated heterocycles. The third-order valence-corrected chi connectivity index (χ3v) is 5.73. The van der Waals surface area contributed by atoms with E-state index in [-0.39, 0.29) is 11.1 Å². The van der Waals surface area contributed by atoms with Crippen LogP contribution in [-0.4, -0.2) is 0 Å². The molecule has 162 valence electrons. The third kappa shape index (κ3) is 4.45. The summed E-state index contributed by atoms with van der Waals surface area (Å²) in [6.45, 7) is 1.79. The summed E-state index contributed by atoms with van der Waals surface area (Å²) in [5.74, 6) is -3.30. The van der Waals surface area contributed by atoms with Gasteiger partial charge < -0.3 is 0 Å². The maximum absolute atomic E-state index is 14.4. The van der Waals surface area contributed by atoms with Crippen molar-refractivity contribution in [2.75, 3.05) is 0 Å². The molecule has 0 spiro atoms. The molecule has 32 heavy (non-hydrogen) atoms. The Kier molecular flexibility index (Phi) is 6.40. The van der Waals surface area contributed by atoms with Crippen LogP contribution in [0.5, 0.6) is 0 Å². The maximum Gasteiger partial charge on any atom is 0.166 e. The number of halogens is 4. The van der Waals surface area contributed by atoms with Crippen LogP contribution in [0.1, 0.15) is 23.6 Å². The first-order valence-electron chi connectivity index (χ1n) is 10.6. The zero-order valence-electron chi connectivity index (χ0n) is 17.6. The lowest BCUT2D eigenvalue weighted by Gasteiger charge is -2.09. The molecule has 0 aliphatic heterocycles. The molecule has 0 bridgehead atoms. The maximum atomic E-state index is 14.4. The second kappa shape index (κ2) is 9.39. The van der Waals surface area contributed by atoms with E-state index in [1.54, 1.807) is 49.4 Å². The Morgan fingerprint density at radius 2 is 1.06 bits per heavy atom. The molecule has 4 aromatic rings. The first-order valence-corrected chi connectivity index (χ1v) is 10.6.